The van der Waals surface area contributed by atoms with Crippen LogP contribution in [0.4, 0.5) is 5.69 Å². The summed E-state index contributed by atoms with van der Waals surface area (Å²) in [4.78, 5) is 6.97. The molecule has 3 rings (SSSR count). The van der Waals surface area contributed by atoms with Gasteiger partial charge in [0.1, 0.15) is 0 Å². The molecule has 0 aliphatic rings. The van der Waals surface area contributed by atoms with E-state index in [1.54, 1.807) is 0 Å². The molecule has 0 bridgehead atoms. The van der Waals surface area contributed by atoms with Crippen LogP contribution in [-0.4, -0.2) is 18.1 Å². The van der Waals surface area contributed by atoms with Crippen LogP contribution in [0.2, 0.25) is 0 Å². The minimum Gasteiger partial charge on any atom is -0.372 e. The maximum absolute atomic E-state index is 4.61. The van der Waals surface area contributed by atoms with Gasteiger partial charge in [-0.1, -0.05) is 50.2 Å². The van der Waals surface area contributed by atoms with Gasteiger partial charge < -0.3 is 4.90 Å². The number of fused-ring (bicyclic) bond motifs is 1. The Hall–Kier alpha value is -2.35. The SMILES string of the molecule is CC.CCN(CC)c1cccc(-c2nccc3ccccc23)c1. The molecule has 0 amide bonds. The van der Waals surface area contributed by atoms with Crippen LogP contribution < -0.4 is 4.90 Å². The highest BCUT2D eigenvalue weighted by Gasteiger charge is 2.07. The van der Waals surface area contributed by atoms with Crippen LogP contribution in [-0.2, 0) is 0 Å². The molecule has 1 aromatic heterocycles. The van der Waals surface area contributed by atoms with Gasteiger partial charge in [0, 0.05) is 35.9 Å². The van der Waals surface area contributed by atoms with E-state index in [-0.39, 0.29) is 0 Å². The molecule has 23 heavy (non-hydrogen) atoms. The first-order chi connectivity index (χ1) is 11.3. The van der Waals surface area contributed by atoms with E-state index in [0.717, 1.165) is 18.8 Å². The van der Waals surface area contributed by atoms with Crippen molar-refractivity contribution in [3.05, 3.63) is 60.8 Å². The van der Waals surface area contributed by atoms with Gasteiger partial charge in [-0.3, -0.25) is 4.98 Å². The molecule has 0 saturated carbocycles. The summed E-state index contributed by atoms with van der Waals surface area (Å²) in [7, 11) is 0. The fourth-order valence-electron chi connectivity index (χ4n) is 2.79. The minimum atomic E-state index is 1.02. The van der Waals surface area contributed by atoms with Crippen LogP contribution in [0.5, 0.6) is 0 Å². The lowest BCUT2D eigenvalue weighted by Crippen LogP contribution is -2.21. The number of aromatic nitrogens is 1. The molecule has 2 heteroatoms. The van der Waals surface area contributed by atoms with E-state index in [2.05, 4.69) is 78.3 Å². The molecule has 2 aromatic carbocycles. The van der Waals surface area contributed by atoms with Crippen molar-refractivity contribution in [2.75, 3.05) is 18.0 Å². The van der Waals surface area contributed by atoms with Crippen LogP contribution in [0, 0.1) is 0 Å². The highest BCUT2D eigenvalue weighted by Crippen LogP contribution is 2.29. The molecule has 0 radical (unpaired) electrons. The molecule has 0 aliphatic carbocycles. The Morgan fingerprint density at radius 2 is 1.61 bits per heavy atom. The van der Waals surface area contributed by atoms with Gasteiger partial charge in [-0.15, -0.1) is 0 Å². The zero-order valence-corrected chi connectivity index (χ0v) is 14.6. The smallest absolute Gasteiger partial charge is 0.0781 e. The van der Waals surface area contributed by atoms with Crippen molar-refractivity contribution < 1.29 is 0 Å². The monoisotopic (exact) mass is 306 g/mol. The molecule has 2 nitrogen and oxygen atoms in total. The number of rotatable bonds is 4. The van der Waals surface area contributed by atoms with Gasteiger partial charge in [0.05, 0.1) is 5.69 Å². The van der Waals surface area contributed by atoms with E-state index in [1.807, 2.05) is 20.0 Å². The maximum Gasteiger partial charge on any atom is 0.0781 e. The van der Waals surface area contributed by atoms with Crippen LogP contribution >= 0.6 is 0 Å². The van der Waals surface area contributed by atoms with Gasteiger partial charge in [-0.25, -0.2) is 0 Å². The first-order valence-electron chi connectivity index (χ1n) is 8.52. The molecule has 0 aliphatic heterocycles. The highest BCUT2D eigenvalue weighted by molar-refractivity contribution is 5.94. The lowest BCUT2D eigenvalue weighted by Gasteiger charge is -2.21. The predicted octanol–water partition coefficient (Wildman–Crippen LogP) is 5.77. The van der Waals surface area contributed by atoms with E-state index >= 15 is 0 Å². The fourth-order valence-corrected chi connectivity index (χ4v) is 2.79. The van der Waals surface area contributed by atoms with Crippen molar-refractivity contribution in [3.8, 4) is 11.3 Å². The van der Waals surface area contributed by atoms with Crippen molar-refractivity contribution in [2.24, 2.45) is 0 Å². The summed E-state index contributed by atoms with van der Waals surface area (Å²) in [5.41, 5.74) is 3.49. The predicted molar refractivity (Wildman–Crippen MR) is 102 cm³/mol. The molecule has 0 fully saturated rings. The summed E-state index contributed by atoms with van der Waals surface area (Å²) in [6.45, 7) is 10.4. The number of anilines is 1. The number of pyridine rings is 1. The maximum atomic E-state index is 4.61. The van der Waals surface area contributed by atoms with Crippen molar-refractivity contribution >= 4 is 16.5 Å². The second-order valence-corrected chi connectivity index (χ2v) is 5.10. The Labute approximate surface area is 139 Å². The number of nitrogens with zero attached hydrogens (tertiary/aromatic N) is 2. The standard InChI is InChI=1S/C19H20N2.C2H6/c1-3-21(4-2)17-10-7-9-16(14-17)19-18-11-6-5-8-15(18)12-13-20-19;1-2/h5-14H,3-4H2,1-2H3;1-2H3. The van der Waals surface area contributed by atoms with E-state index in [4.69, 9.17) is 0 Å². The zero-order valence-electron chi connectivity index (χ0n) is 14.6. The summed E-state index contributed by atoms with van der Waals surface area (Å²) in [5.74, 6) is 0. The summed E-state index contributed by atoms with van der Waals surface area (Å²) < 4.78 is 0. The minimum absolute atomic E-state index is 1.02. The van der Waals surface area contributed by atoms with E-state index in [9.17, 15) is 0 Å². The highest BCUT2D eigenvalue weighted by atomic mass is 15.1. The van der Waals surface area contributed by atoms with Gasteiger partial charge in [-0.2, -0.15) is 0 Å². The van der Waals surface area contributed by atoms with Gasteiger partial charge >= 0.3 is 0 Å². The summed E-state index contributed by atoms with van der Waals surface area (Å²) in [5, 5.41) is 2.44. The Kier molecular flexibility index (Phi) is 6.16. The quantitative estimate of drug-likeness (QED) is 0.608. The largest absolute Gasteiger partial charge is 0.372 e. The molecule has 0 atom stereocenters. The average molecular weight is 306 g/mol. The summed E-state index contributed by atoms with van der Waals surface area (Å²) in [6.07, 6.45) is 1.89. The van der Waals surface area contributed by atoms with Crippen LogP contribution in [0.15, 0.2) is 60.8 Å². The van der Waals surface area contributed by atoms with Crippen molar-refractivity contribution in [1.82, 2.24) is 4.98 Å². The molecular formula is C21H26N2. The van der Waals surface area contributed by atoms with Crippen LogP contribution in [0.3, 0.4) is 0 Å². The second-order valence-electron chi connectivity index (χ2n) is 5.10. The van der Waals surface area contributed by atoms with Gasteiger partial charge in [-0.05, 0) is 37.4 Å². The van der Waals surface area contributed by atoms with Gasteiger partial charge in [0.25, 0.3) is 0 Å². The third kappa shape index (κ3) is 3.70. The lowest BCUT2D eigenvalue weighted by molar-refractivity contribution is 0.866. The zero-order chi connectivity index (χ0) is 16.7. The van der Waals surface area contributed by atoms with Crippen molar-refractivity contribution in [1.29, 1.82) is 0 Å². The first-order valence-corrected chi connectivity index (χ1v) is 8.52. The number of hydrogen-bond donors (Lipinski definition) is 0. The number of hydrogen-bond acceptors (Lipinski definition) is 2. The molecule has 0 saturated heterocycles. The van der Waals surface area contributed by atoms with E-state index in [0.29, 0.717) is 0 Å². The molecule has 120 valence electrons. The molecule has 0 unspecified atom stereocenters. The van der Waals surface area contributed by atoms with E-state index in [1.165, 1.54) is 22.0 Å². The van der Waals surface area contributed by atoms with E-state index < -0.39 is 0 Å². The normalized spacial score (nSPS) is 10.1. The fraction of sp³-hybridized carbons (Fsp3) is 0.286. The molecule has 0 N–H and O–H groups in total. The first kappa shape index (κ1) is 17.0. The Morgan fingerprint density at radius 3 is 2.35 bits per heavy atom. The third-order valence-electron chi connectivity index (χ3n) is 3.92. The number of benzene rings is 2. The van der Waals surface area contributed by atoms with Crippen molar-refractivity contribution in [2.45, 2.75) is 27.7 Å². The second kappa shape index (κ2) is 8.33. The van der Waals surface area contributed by atoms with Crippen LogP contribution in [0.25, 0.3) is 22.0 Å². The van der Waals surface area contributed by atoms with Crippen LogP contribution in [0.1, 0.15) is 27.7 Å². The molecule has 3 aromatic rings. The summed E-state index contributed by atoms with van der Waals surface area (Å²) in [6, 6.07) is 19.1. The molecule has 1 heterocycles. The average Bonchev–Trinajstić information content (AvgIpc) is 2.64. The Balaban J connectivity index is 0.000000924. The van der Waals surface area contributed by atoms with Gasteiger partial charge in [0.2, 0.25) is 0 Å². The van der Waals surface area contributed by atoms with Gasteiger partial charge in [0.15, 0.2) is 0 Å². The molecular weight excluding hydrogens is 280 g/mol. The lowest BCUT2D eigenvalue weighted by atomic mass is 10.0. The molecule has 0 spiro atoms. The Morgan fingerprint density at radius 1 is 0.870 bits per heavy atom. The van der Waals surface area contributed by atoms with Crippen molar-refractivity contribution in [3.63, 3.8) is 0 Å². The Bertz CT molecular complexity index is 740. The third-order valence-corrected chi connectivity index (χ3v) is 3.92. The summed E-state index contributed by atoms with van der Waals surface area (Å²) >= 11 is 0. The topological polar surface area (TPSA) is 16.1 Å².